The standard InChI is InChI=1S/C9H13F2NO2/c10-8(11)4-12-5-1-2-7(12)6(3-5)9(13)14/h5-8H,1-4H2,(H,13,14). The minimum absolute atomic E-state index is 0.0788. The molecule has 3 atom stereocenters. The van der Waals surface area contributed by atoms with Gasteiger partial charge in [0.15, 0.2) is 0 Å². The lowest BCUT2D eigenvalue weighted by Crippen LogP contribution is -2.36. The summed E-state index contributed by atoms with van der Waals surface area (Å²) in [6, 6.07) is -0.0680. The van der Waals surface area contributed by atoms with Crippen molar-refractivity contribution in [1.82, 2.24) is 4.90 Å². The number of carboxylic acid groups (broad SMARTS) is 1. The number of nitrogens with zero attached hydrogens (tertiary/aromatic N) is 1. The average Bonchev–Trinajstić information content (AvgIpc) is 2.61. The van der Waals surface area contributed by atoms with Crippen LogP contribution in [0.2, 0.25) is 0 Å². The van der Waals surface area contributed by atoms with Crippen LogP contribution in [0.4, 0.5) is 8.78 Å². The monoisotopic (exact) mass is 205 g/mol. The zero-order valence-corrected chi connectivity index (χ0v) is 7.70. The molecule has 0 saturated carbocycles. The lowest BCUT2D eigenvalue weighted by atomic mass is 9.89. The Hall–Kier alpha value is -0.710. The summed E-state index contributed by atoms with van der Waals surface area (Å²) in [4.78, 5) is 12.5. The third-order valence-electron chi connectivity index (χ3n) is 3.35. The van der Waals surface area contributed by atoms with Gasteiger partial charge in [-0.1, -0.05) is 0 Å². The van der Waals surface area contributed by atoms with Crippen LogP contribution >= 0.6 is 0 Å². The van der Waals surface area contributed by atoms with E-state index in [9.17, 15) is 13.6 Å². The van der Waals surface area contributed by atoms with Gasteiger partial charge in [-0.25, -0.2) is 8.78 Å². The maximum atomic E-state index is 12.2. The first-order chi connectivity index (χ1) is 6.59. The number of carboxylic acids is 1. The summed E-state index contributed by atoms with van der Waals surface area (Å²) in [5.41, 5.74) is 0. The Bertz CT molecular complexity index is 247. The van der Waals surface area contributed by atoms with Gasteiger partial charge in [0.05, 0.1) is 12.5 Å². The number of fused-ring (bicyclic) bond motifs is 2. The van der Waals surface area contributed by atoms with Crippen LogP contribution in [0.25, 0.3) is 0 Å². The lowest BCUT2D eigenvalue weighted by Gasteiger charge is -2.21. The molecule has 1 N–H and O–H groups in total. The highest BCUT2D eigenvalue weighted by atomic mass is 19.3. The normalized spacial score (nSPS) is 36.9. The number of hydrogen-bond donors (Lipinski definition) is 1. The predicted molar refractivity (Wildman–Crippen MR) is 45.3 cm³/mol. The summed E-state index contributed by atoms with van der Waals surface area (Å²) in [7, 11) is 0. The maximum Gasteiger partial charge on any atom is 0.308 e. The SMILES string of the molecule is O=C(O)C1CC2CCC1N2CC(F)F. The van der Waals surface area contributed by atoms with E-state index in [0.717, 1.165) is 12.8 Å². The Morgan fingerprint density at radius 1 is 1.50 bits per heavy atom. The second kappa shape index (κ2) is 3.46. The van der Waals surface area contributed by atoms with Crippen LogP contribution in [0.5, 0.6) is 0 Å². The van der Waals surface area contributed by atoms with Crippen molar-refractivity contribution in [1.29, 1.82) is 0 Å². The summed E-state index contributed by atoms with van der Waals surface area (Å²) in [6.45, 7) is -0.265. The summed E-state index contributed by atoms with van der Waals surface area (Å²) in [5, 5.41) is 8.87. The van der Waals surface area contributed by atoms with Crippen LogP contribution in [0, 0.1) is 5.92 Å². The molecule has 0 amide bonds. The van der Waals surface area contributed by atoms with Gasteiger partial charge in [-0.2, -0.15) is 0 Å². The summed E-state index contributed by atoms with van der Waals surface area (Å²) >= 11 is 0. The molecule has 3 unspecified atom stereocenters. The molecule has 3 nitrogen and oxygen atoms in total. The Labute approximate surface area is 80.7 Å². The quantitative estimate of drug-likeness (QED) is 0.752. The van der Waals surface area contributed by atoms with E-state index < -0.39 is 18.3 Å². The van der Waals surface area contributed by atoms with Gasteiger partial charge < -0.3 is 5.11 Å². The Morgan fingerprint density at radius 2 is 2.21 bits per heavy atom. The molecule has 0 radical (unpaired) electrons. The minimum atomic E-state index is -2.36. The highest BCUT2D eigenvalue weighted by Crippen LogP contribution is 2.41. The molecule has 0 aromatic rings. The average molecular weight is 205 g/mol. The van der Waals surface area contributed by atoms with Gasteiger partial charge in [0.1, 0.15) is 0 Å². The first-order valence-electron chi connectivity index (χ1n) is 4.86. The van der Waals surface area contributed by atoms with Crippen molar-refractivity contribution in [3.63, 3.8) is 0 Å². The summed E-state index contributed by atoms with van der Waals surface area (Å²) in [6.07, 6.45) is -0.173. The largest absolute Gasteiger partial charge is 0.481 e. The highest BCUT2D eigenvalue weighted by Gasteiger charge is 2.49. The fraction of sp³-hybridized carbons (Fsp3) is 0.889. The smallest absolute Gasteiger partial charge is 0.308 e. The molecule has 0 aromatic heterocycles. The first-order valence-corrected chi connectivity index (χ1v) is 4.86. The minimum Gasteiger partial charge on any atom is -0.481 e. The van der Waals surface area contributed by atoms with Gasteiger partial charge >= 0.3 is 5.97 Å². The molecule has 5 heteroatoms. The van der Waals surface area contributed by atoms with Crippen molar-refractivity contribution in [2.45, 2.75) is 37.8 Å². The molecule has 2 bridgehead atoms. The molecule has 2 rings (SSSR count). The molecular weight excluding hydrogens is 192 g/mol. The van der Waals surface area contributed by atoms with Crippen LogP contribution in [-0.4, -0.2) is 41.0 Å². The van der Waals surface area contributed by atoms with Gasteiger partial charge in [-0.15, -0.1) is 0 Å². The summed E-state index contributed by atoms with van der Waals surface area (Å²) < 4.78 is 24.4. The molecule has 2 saturated heterocycles. The zero-order valence-electron chi connectivity index (χ0n) is 7.70. The topological polar surface area (TPSA) is 40.5 Å². The van der Waals surface area contributed by atoms with Crippen molar-refractivity contribution in [2.75, 3.05) is 6.54 Å². The van der Waals surface area contributed by atoms with Crippen LogP contribution in [0.15, 0.2) is 0 Å². The van der Waals surface area contributed by atoms with Gasteiger partial charge in [0, 0.05) is 12.1 Å². The van der Waals surface area contributed by atoms with Crippen molar-refractivity contribution in [2.24, 2.45) is 5.92 Å². The molecule has 2 heterocycles. The number of aliphatic carboxylic acids is 1. The predicted octanol–water partition coefficient (Wildman–Crippen LogP) is 1.19. The lowest BCUT2D eigenvalue weighted by molar-refractivity contribution is -0.142. The van der Waals surface area contributed by atoms with E-state index in [1.165, 1.54) is 0 Å². The van der Waals surface area contributed by atoms with Crippen molar-refractivity contribution in [3.8, 4) is 0 Å². The number of carbonyl (C=O) groups is 1. The third-order valence-corrected chi connectivity index (χ3v) is 3.35. The van der Waals surface area contributed by atoms with E-state index in [2.05, 4.69) is 0 Å². The number of hydrogen-bond acceptors (Lipinski definition) is 2. The third kappa shape index (κ3) is 1.49. The Morgan fingerprint density at radius 3 is 2.71 bits per heavy atom. The van der Waals surface area contributed by atoms with Crippen molar-refractivity contribution >= 4 is 5.97 Å². The molecule has 0 aromatic carbocycles. The fourth-order valence-electron chi connectivity index (χ4n) is 2.81. The second-order valence-corrected chi connectivity index (χ2v) is 4.07. The molecule has 0 aliphatic carbocycles. The van der Waals surface area contributed by atoms with E-state index in [1.807, 2.05) is 0 Å². The molecular formula is C9H13F2NO2. The van der Waals surface area contributed by atoms with Crippen molar-refractivity contribution in [3.05, 3.63) is 0 Å². The van der Waals surface area contributed by atoms with Crippen LogP contribution < -0.4 is 0 Å². The van der Waals surface area contributed by atoms with Gasteiger partial charge in [-0.05, 0) is 19.3 Å². The van der Waals surface area contributed by atoms with E-state index in [1.54, 1.807) is 4.90 Å². The van der Waals surface area contributed by atoms with E-state index in [-0.39, 0.29) is 18.6 Å². The first kappa shape index (κ1) is 9.83. The molecule has 14 heavy (non-hydrogen) atoms. The number of rotatable bonds is 3. The van der Waals surface area contributed by atoms with Crippen LogP contribution in [0.1, 0.15) is 19.3 Å². The molecule has 2 aliphatic rings. The Balaban J connectivity index is 2.04. The Kier molecular flexibility index (Phi) is 2.43. The number of alkyl halides is 2. The van der Waals surface area contributed by atoms with Crippen molar-refractivity contribution < 1.29 is 18.7 Å². The maximum absolute atomic E-state index is 12.2. The fourth-order valence-corrected chi connectivity index (χ4v) is 2.81. The molecule has 80 valence electrons. The van der Waals surface area contributed by atoms with E-state index in [4.69, 9.17) is 5.11 Å². The molecule has 0 spiro atoms. The molecule has 2 aliphatic heterocycles. The molecule has 2 fully saturated rings. The highest BCUT2D eigenvalue weighted by molar-refractivity contribution is 5.71. The van der Waals surface area contributed by atoms with E-state index >= 15 is 0 Å². The van der Waals surface area contributed by atoms with Crippen LogP contribution in [-0.2, 0) is 4.79 Å². The van der Waals surface area contributed by atoms with E-state index in [0.29, 0.717) is 6.42 Å². The summed E-state index contributed by atoms with van der Waals surface area (Å²) in [5.74, 6) is -1.26. The van der Waals surface area contributed by atoms with Gasteiger partial charge in [0.25, 0.3) is 6.43 Å². The zero-order chi connectivity index (χ0) is 10.3. The van der Waals surface area contributed by atoms with Crippen LogP contribution in [0.3, 0.4) is 0 Å². The second-order valence-electron chi connectivity index (χ2n) is 4.07. The number of halogens is 2. The van der Waals surface area contributed by atoms with Gasteiger partial charge in [-0.3, -0.25) is 9.69 Å². The van der Waals surface area contributed by atoms with Gasteiger partial charge in [0.2, 0.25) is 0 Å².